The first-order valence-electron chi connectivity index (χ1n) is 7.48. The molecule has 0 aliphatic carbocycles. The molecule has 26 heavy (non-hydrogen) atoms. The molecule has 3 aromatic rings. The topological polar surface area (TPSA) is 67.5 Å². The van der Waals surface area contributed by atoms with Crippen LogP contribution in [0.1, 0.15) is 11.1 Å². The first-order valence-corrected chi connectivity index (χ1v) is 7.48. The van der Waals surface area contributed by atoms with Crippen molar-refractivity contribution in [1.29, 1.82) is 0 Å². The Hall–Kier alpha value is -3.42. The van der Waals surface area contributed by atoms with Crippen molar-refractivity contribution in [2.45, 2.75) is 6.18 Å². The highest BCUT2D eigenvalue weighted by atomic mass is 19.4. The van der Waals surface area contributed by atoms with Gasteiger partial charge in [0.15, 0.2) is 0 Å². The molecule has 0 radical (unpaired) electrons. The number of hydrogen-bond acceptors (Lipinski definition) is 4. The molecule has 0 aliphatic rings. The maximum Gasteiger partial charge on any atom is 0.416 e. The van der Waals surface area contributed by atoms with E-state index >= 15 is 0 Å². The van der Waals surface area contributed by atoms with Crippen LogP contribution in [0, 0.1) is 10.1 Å². The zero-order valence-electron chi connectivity index (χ0n) is 13.2. The van der Waals surface area contributed by atoms with E-state index in [-0.39, 0.29) is 5.69 Å². The van der Waals surface area contributed by atoms with Gasteiger partial charge in [0.2, 0.25) is 0 Å². The molecule has 0 heterocycles. The number of nitro groups is 1. The third kappa shape index (κ3) is 3.80. The van der Waals surface area contributed by atoms with Crippen LogP contribution in [0.3, 0.4) is 0 Å². The van der Waals surface area contributed by atoms with Gasteiger partial charge in [-0.05, 0) is 34.5 Å². The predicted molar refractivity (Wildman–Crippen MR) is 93.3 cm³/mol. The Kier molecular flexibility index (Phi) is 4.57. The number of hydrogen-bond donors (Lipinski definition) is 1. The molecule has 0 aliphatic heterocycles. The third-order valence-corrected chi connectivity index (χ3v) is 3.69. The minimum Gasteiger partial charge on any atom is -0.272 e. The van der Waals surface area contributed by atoms with Crippen LogP contribution in [0.4, 0.5) is 24.5 Å². The monoisotopic (exact) mass is 359 g/mol. The summed E-state index contributed by atoms with van der Waals surface area (Å²) >= 11 is 0. The van der Waals surface area contributed by atoms with Gasteiger partial charge in [-0.2, -0.15) is 18.3 Å². The number of anilines is 1. The molecule has 5 nitrogen and oxygen atoms in total. The number of halogens is 3. The molecular formula is C18H12F3N3O2. The standard InChI is InChI=1S/C18H12F3N3O2/c19-18(20,21)15-7-8-16(17(10-15)24(25)26)23-22-11-12-5-6-13-3-1-2-4-14(13)9-12/h1-11,23H. The Labute approximate surface area is 145 Å². The molecule has 0 spiro atoms. The van der Waals surface area contributed by atoms with E-state index in [1.807, 2.05) is 42.5 Å². The molecule has 0 atom stereocenters. The number of hydrazone groups is 1. The first kappa shape index (κ1) is 17.4. The highest BCUT2D eigenvalue weighted by Gasteiger charge is 2.33. The van der Waals surface area contributed by atoms with Gasteiger partial charge in [0.25, 0.3) is 5.69 Å². The van der Waals surface area contributed by atoms with Gasteiger partial charge in [-0.25, -0.2) is 0 Å². The zero-order chi connectivity index (χ0) is 18.7. The number of nitrogens with one attached hydrogen (secondary N) is 1. The van der Waals surface area contributed by atoms with Crippen molar-refractivity contribution >= 4 is 28.4 Å². The van der Waals surface area contributed by atoms with Gasteiger partial charge in [-0.15, -0.1) is 0 Å². The van der Waals surface area contributed by atoms with Crippen molar-refractivity contribution in [3.63, 3.8) is 0 Å². The lowest BCUT2D eigenvalue weighted by Crippen LogP contribution is -2.06. The molecule has 1 N–H and O–H groups in total. The average molecular weight is 359 g/mol. The molecule has 3 rings (SSSR count). The summed E-state index contributed by atoms with van der Waals surface area (Å²) in [5.41, 5.74) is 1.26. The lowest BCUT2D eigenvalue weighted by atomic mass is 10.1. The number of nitrogens with zero attached hydrogens (tertiary/aromatic N) is 2. The van der Waals surface area contributed by atoms with Crippen LogP contribution in [-0.4, -0.2) is 11.1 Å². The highest BCUT2D eigenvalue weighted by Crippen LogP contribution is 2.34. The molecule has 0 saturated heterocycles. The molecule has 132 valence electrons. The molecule has 0 saturated carbocycles. The summed E-state index contributed by atoms with van der Waals surface area (Å²) in [6.45, 7) is 0. The lowest BCUT2D eigenvalue weighted by Gasteiger charge is -2.08. The number of rotatable bonds is 4. The van der Waals surface area contributed by atoms with Crippen LogP contribution in [0.25, 0.3) is 10.8 Å². The van der Waals surface area contributed by atoms with Crippen LogP contribution in [-0.2, 0) is 6.18 Å². The average Bonchev–Trinajstić information content (AvgIpc) is 2.60. The van der Waals surface area contributed by atoms with Crippen molar-refractivity contribution < 1.29 is 18.1 Å². The Morgan fingerprint density at radius 3 is 2.42 bits per heavy atom. The molecule has 0 bridgehead atoms. The van der Waals surface area contributed by atoms with Crippen LogP contribution in [0.15, 0.2) is 65.8 Å². The molecule has 0 fully saturated rings. The summed E-state index contributed by atoms with van der Waals surface area (Å²) in [6.07, 6.45) is -3.22. The van der Waals surface area contributed by atoms with Crippen molar-refractivity contribution in [2.24, 2.45) is 5.10 Å². The van der Waals surface area contributed by atoms with E-state index in [1.54, 1.807) is 0 Å². The van der Waals surface area contributed by atoms with Crippen LogP contribution < -0.4 is 5.43 Å². The summed E-state index contributed by atoms with van der Waals surface area (Å²) in [6, 6.07) is 15.5. The SMILES string of the molecule is O=[N+]([O-])c1cc(C(F)(F)F)ccc1NN=Cc1ccc2ccccc2c1. The fourth-order valence-electron chi connectivity index (χ4n) is 2.42. The summed E-state index contributed by atoms with van der Waals surface area (Å²) in [7, 11) is 0. The van der Waals surface area contributed by atoms with E-state index < -0.39 is 22.4 Å². The van der Waals surface area contributed by atoms with Gasteiger partial charge in [0.1, 0.15) is 5.69 Å². The molecule has 3 aromatic carbocycles. The van der Waals surface area contributed by atoms with Crippen molar-refractivity contribution in [2.75, 3.05) is 5.43 Å². The van der Waals surface area contributed by atoms with E-state index in [4.69, 9.17) is 0 Å². The minimum absolute atomic E-state index is 0.125. The van der Waals surface area contributed by atoms with Crippen molar-refractivity contribution in [3.8, 4) is 0 Å². The van der Waals surface area contributed by atoms with Gasteiger partial charge in [0.05, 0.1) is 16.7 Å². The second-order valence-electron chi connectivity index (χ2n) is 5.46. The predicted octanol–water partition coefficient (Wildman–Crippen LogP) is 5.21. The van der Waals surface area contributed by atoms with Gasteiger partial charge in [0, 0.05) is 6.07 Å². The second kappa shape index (κ2) is 6.83. The maximum atomic E-state index is 12.7. The first-order chi connectivity index (χ1) is 12.3. The van der Waals surface area contributed by atoms with E-state index in [2.05, 4.69) is 10.5 Å². The minimum atomic E-state index is -4.66. The molecule has 0 amide bonds. The maximum absolute atomic E-state index is 12.7. The van der Waals surface area contributed by atoms with E-state index in [0.29, 0.717) is 6.07 Å². The third-order valence-electron chi connectivity index (χ3n) is 3.69. The van der Waals surface area contributed by atoms with E-state index in [9.17, 15) is 23.3 Å². The quantitative estimate of drug-likeness (QED) is 0.395. The summed E-state index contributed by atoms with van der Waals surface area (Å²) in [5, 5.41) is 17.0. The zero-order valence-corrected chi connectivity index (χ0v) is 13.2. The Balaban J connectivity index is 1.83. The van der Waals surface area contributed by atoms with Crippen LogP contribution in [0.5, 0.6) is 0 Å². The van der Waals surface area contributed by atoms with Gasteiger partial charge < -0.3 is 0 Å². The van der Waals surface area contributed by atoms with Gasteiger partial charge >= 0.3 is 6.18 Å². The van der Waals surface area contributed by atoms with E-state index in [0.717, 1.165) is 28.5 Å². The number of fused-ring (bicyclic) bond motifs is 1. The normalized spacial score (nSPS) is 11.8. The smallest absolute Gasteiger partial charge is 0.272 e. The number of nitro benzene ring substituents is 1. The van der Waals surface area contributed by atoms with Gasteiger partial charge in [-0.1, -0.05) is 36.4 Å². The summed E-state index contributed by atoms with van der Waals surface area (Å²) in [4.78, 5) is 10.1. The summed E-state index contributed by atoms with van der Waals surface area (Å²) in [5.74, 6) is 0. The molecule has 0 aromatic heterocycles. The van der Waals surface area contributed by atoms with Crippen LogP contribution in [0.2, 0.25) is 0 Å². The lowest BCUT2D eigenvalue weighted by molar-refractivity contribution is -0.384. The van der Waals surface area contributed by atoms with Crippen molar-refractivity contribution in [1.82, 2.24) is 0 Å². The molecule has 0 unspecified atom stereocenters. The number of benzene rings is 3. The Morgan fingerprint density at radius 1 is 1.00 bits per heavy atom. The molecular weight excluding hydrogens is 347 g/mol. The Bertz CT molecular complexity index is 1000. The van der Waals surface area contributed by atoms with Crippen LogP contribution >= 0.6 is 0 Å². The summed E-state index contributed by atoms with van der Waals surface area (Å²) < 4.78 is 38.1. The largest absolute Gasteiger partial charge is 0.416 e. The van der Waals surface area contributed by atoms with Gasteiger partial charge in [-0.3, -0.25) is 15.5 Å². The fourth-order valence-corrected chi connectivity index (χ4v) is 2.42. The fraction of sp³-hybridized carbons (Fsp3) is 0.0556. The Morgan fingerprint density at radius 2 is 1.73 bits per heavy atom. The van der Waals surface area contributed by atoms with Crippen molar-refractivity contribution in [3.05, 3.63) is 81.9 Å². The molecule has 8 heteroatoms. The van der Waals surface area contributed by atoms with E-state index in [1.165, 1.54) is 6.21 Å². The number of alkyl halides is 3. The second-order valence-corrected chi connectivity index (χ2v) is 5.46. The highest BCUT2D eigenvalue weighted by molar-refractivity contribution is 5.90.